The van der Waals surface area contributed by atoms with Gasteiger partial charge in [0.25, 0.3) is 5.91 Å². The maximum absolute atomic E-state index is 14.1. The largest absolute Gasteiger partial charge is 0.490 e. The van der Waals surface area contributed by atoms with E-state index < -0.39 is 23.2 Å². The van der Waals surface area contributed by atoms with Crippen LogP contribution in [0.1, 0.15) is 53.0 Å². The van der Waals surface area contributed by atoms with E-state index >= 15 is 0 Å². The number of aromatic nitrogens is 2. The summed E-state index contributed by atoms with van der Waals surface area (Å²) in [6, 6.07) is 7.96. The van der Waals surface area contributed by atoms with Crippen LogP contribution >= 0.6 is 11.3 Å². The van der Waals surface area contributed by atoms with E-state index in [2.05, 4.69) is 16.8 Å². The van der Waals surface area contributed by atoms with Crippen LogP contribution in [-0.2, 0) is 6.42 Å². The van der Waals surface area contributed by atoms with Gasteiger partial charge in [-0.15, -0.1) is 10.2 Å². The first kappa shape index (κ1) is 24.6. The monoisotopic (exact) mass is 521 g/mol. The lowest BCUT2D eigenvalue weighted by Crippen LogP contribution is -2.29. The molecule has 0 saturated heterocycles. The number of nitrogens with zero attached hydrogens (tertiary/aromatic N) is 3. The van der Waals surface area contributed by atoms with Gasteiger partial charge in [0.15, 0.2) is 16.9 Å². The number of halogens is 1. The van der Waals surface area contributed by atoms with Gasteiger partial charge in [0.2, 0.25) is 10.9 Å². The van der Waals surface area contributed by atoms with E-state index in [0.29, 0.717) is 35.2 Å². The zero-order chi connectivity index (χ0) is 26.1. The smallest absolute Gasteiger partial charge is 0.297 e. The van der Waals surface area contributed by atoms with Gasteiger partial charge in [0, 0.05) is 6.42 Å². The molecule has 0 saturated carbocycles. The standard InChI is InChI=1S/C27H24FN3O5S/c1-4-7-21-29-30-27(37-21)31-23(15-8-10-19(35-12-5-2)20(13-15)34-6-3)22-24(32)17-14-16(28)9-11-18(17)36-25(22)26(31)33/h5,8-11,13-14,23H,2,4,6-7,12H2,1,3H3. The SMILES string of the molecule is C=CCOc1ccc(C2c3c(oc4ccc(F)cc4c3=O)C(=O)N2c2nnc(CCC)s2)cc1OCC. The van der Waals surface area contributed by atoms with Gasteiger partial charge in [-0.2, -0.15) is 0 Å². The fourth-order valence-electron chi connectivity index (χ4n) is 4.35. The minimum absolute atomic E-state index is 0.0540. The van der Waals surface area contributed by atoms with Crippen molar-refractivity contribution in [3.8, 4) is 11.5 Å². The Morgan fingerprint density at radius 3 is 2.73 bits per heavy atom. The Hall–Kier alpha value is -4.05. The van der Waals surface area contributed by atoms with Crippen molar-refractivity contribution in [2.24, 2.45) is 0 Å². The Labute approximate surface area is 216 Å². The molecule has 1 amide bonds. The van der Waals surface area contributed by atoms with E-state index in [-0.39, 0.29) is 28.9 Å². The Kier molecular flexibility index (Phi) is 6.75. The molecule has 4 aromatic rings. The molecule has 2 aromatic carbocycles. The number of rotatable bonds is 9. The third kappa shape index (κ3) is 4.37. The third-order valence-corrected chi connectivity index (χ3v) is 6.88. The van der Waals surface area contributed by atoms with Crippen molar-refractivity contribution in [1.29, 1.82) is 0 Å². The predicted molar refractivity (Wildman–Crippen MR) is 138 cm³/mol. The summed E-state index contributed by atoms with van der Waals surface area (Å²) in [7, 11) is 0. The molecule has 37 heavy (non-hydrogen) atoms. The summed E-state index contributed by atoms with van der Waals surface area (Å²) in [6.45, 7) is 8.20. The second-order valence-corrected chi connectivity index (χ2v) is 9.40. The summed E-state index contributed by atoms with van der Waals surface area (Å²) in [5.41, 5.74) is 0.334. The first-order valence-electron chi connectivity index (χ1n) is 11.9. The molecular formula is C27H24FN3O5S. The third-order valence-electron chi connectivity index (χ3n) is 5.90. The molecule has 1 atom stereocenters. The number of carbonyl (C=O) groups is 1. The number of hydrogen-bond acceptors (Lipinski definition) is 8. The van der Waals surface area contributed by atoms with Crippen LogP contribution in [0.3, 0.4) is 0 Å². The maximum Gasteiger partial charge on any atom is 0.297 e. The Morgan fingerprint density at radius 1 is 1.14 bits per heavy atom. The van der Waals surface area contributed by atoms with Gasteiger partial charge in [0.05, 0.1) is 23.6 Å². The lowest BCUT2D eigenvalue weighted by Gasteiger charge is -2.23. The van der Waals surface area contributed by atoms with Crippen LogP contribution in [0.5, 0.6) is 11.5 Å². The van der Waals surface area contributed by atoms with Crippen LogP contribution in [0.2, 0.25) is 0 Å². The highest BCUT2D eigenvalue weighted by molar-refractivity contribution is 7.15. The van der Waals surface area contributed by atoms with Gasteiger partial charge in [-0.25, -0.2) is 4.39 Å². The van der Waals surface area contributed by atoms with Crippen LogP contribution in [0, 0.1) is 5.82 Å². The lowest BCUT2D eigenvalue weighted by atomic mass is 9.98. The van der Waals surface area contributed by atoms with E-state index in [0.717, 1.165) is 17.5 Å². The normalized spacial score (nSPS) is 14.7. The summed E-state index contributed by atoms with van der Waals surface area (Å²) in [5, 5.41) is 9.65. The molecule has 0 aliphatic carbocycles. The Morgan fingerprint density at radius 2 is 1.97 bits per heavy atom. The van der Waals surface area contributed by atoms with Crippen molar-refractivity contribution in [2.75, 3.05) is 18.1 Å². The number of benzene rings is 2. The van der Waals surface area contributed by atoms with Gasteiger partial charge >= 0.3 is 0 Å². The minimum atomic E-state index is -0.887. The fourth-order valence-corrected chi connectivity index (χ4v) is 5.31. The molecule has 3 heterocycles. The second kappa shape index (κ2) is 10.1. The molecule has 1 unspecified atom stereocenters. The van der Waals surface area contributed by atoms with Crippen molar-refractivity contribution in [1.82, 2.24) is 10.2 Å². The van der Waals surface area contributed by atoms with E-state index in [1.807, 2.05) is 13.8 Å². The first-order chi connectivity index (χ1) is 18.0. The van der Waals surface area contributed by atoms with Gasteiger partial charge in [0.1, 0.15) is 23.0 Å². The highest BCUT2D eigenvalue weighted by Gasteiger charge is 2.45. The molecule has 1 aliphatic heterocycles. The maximum atomic E-state index is 14.1. The summed E-state index contributed by atoms with van der Waals surface area (Å²) in [4.78, 5) is 28.8. The minimum Gasteiger partial charge on any atom is -0.490 e. The summed E-state index contributed by atoms with van der Waals surface area (Å²) < 4.78 is 31.5. The molecule has 2 aromatic heterocycles. The number of carbonyl (C=O) groups excluding carboxylic acids is 1. The molecule has 8 nitrogen and oxygen atoms in total. The number of anilines is 1. The van der Waals surface area contributed by atoms with E-state index in [1.165, 1.54) is 28.4 Å². The highest BCUT2D eigenvalue weighted by Crippen LogP contribution is 2.44. The Balaban J connectivity index is 1.73. The quantitative estimate of drug-likeness (QED) is 0.270. The zero-order valence-corrected chi connectivity index (χ0v) is 21.1. The molecule has 1 aliphatic rings. The van der Waals surface area contributed by atoms with Crippen molar-refractivity contribution >= 4 is 33.3 Å². The molecule has 0 radical (unpaired) electrons. The lowest BCUT2D eigenvalue weighted by molar-refractivity contribution is 0.0970. The average Bonchev–Trinajstić information content (AvgIpc) is 3.46. The van der Waals surface area contributed by atoms with E-state index in [9.17, 15) is 14.0 Å². The fraction of sp³-hybridized carbons (Fsp3) is 0.259. The summed E-state index contributed by atoms with van der Waals surface area (Å²) in [6.07, 6.45) is 3.20. The highest BCUT2D eigenvalue weighted by atomic mass is 32.1. The van der Waals surface area contributed by atoms with Gasteiger partial charge < -0.3 is 13.9 Å². The molecule has 0 N–H and O–H groups in total. The Bertz CT molecular complexity index is 1560. The molecule has 10 heteroatoms. The van der Waals surface area contributed by atoms with Crippen molar-refractivity contribution in [3.63, 3.8) is 0 Å². The predicted octanol–water partition coefficient (Wildman–Crippen LogP) is 5.45. The molecule has 5 rings (SSSR count). The van der Waals surface area contributed by atoms with Gasteiger partial charge in [-0.05, 0) is 49.2 Å². The first-order valence-corrected chi connectivity index (χ1v) is 12.7. The van der Waals surface area contributed by atoms with Gasteiger partial charge in [-0.3, -0.25) is 14.5 Å². The van der Waals surface area contributed by atoms with Crippen molar-refractivity contribution in [3.05, 3.63) is 87.0 Å². The zero-order valence-electron chi connectivity index (χ0n) is 20.3. The van der Waals surface area contributed by atoms with Crippen LogP contribution in [0.25, 0.3) is 11.0 Å². The second-order valence-electron chi connectivity index (χ2n) is 8.36. The molecule has 0 bridgehead atoms. The summed E-state index contributed by atoms with van der Waals surface area (Å²) in [5.74, 6) is -0.259. The number of aryl methyl sites for hydroxylation is 1. The number of ether oxygens (including phenoxy) is 2. The number of hydrogen-bond donors (Lipinski definition) is 0. The van der Waals surface area contributed by atoms with Crippen molar-refractivity contribution in [2.45, 2.75) is 32.7 Å². The molecule has 0 fully saturated rings. The van der Waals surface area contributed by atoms with Gasteiger partial charge in [-0.1, -0.05) is 37.0 Å². The topological polar surface area (TPSA) is 94.8 Å². The summed E-state index contributed by atoms with van der Waals surface area (Å²) >= 11 is 1.28. The van der Waals surface area contributed by atoms with Crippen molar-refractivity contribution < 1.29 is 23.1 Å². The van der Waals surface area contributed by atoms with E-state index in [4.69, 9.17) is 13.9 Å². The number of fused-ring (bicyclic) bond motifs is 2. The average molecular weight is 522 g/mol. The number of amides is 1. The van der Waals surface area contributed by atoms with Crippen LogP contribution in [0.15, 0.2) is 58.3 Å². The van der Waals surface area contributed by atoms with Crippen LogP contribution in [-0.4, -0.2) is 29.3 Å². The molecule has 190 valence electrons. The molecular weight excluding hydrogens is 497 g/mol. The van der Waals surface area contributed by atoms with Crippen LogP contribution < -0.4 is 19.8 Å². The molecule has 0 spiro atoms. The van der Waals surface area contributed by atoms with Crippen LogP contribution in [0.4, 0.5) is 9.52 Å². The van der Waals surface area contributed by atoms with E-state index in [1.54, 1.807) is 24.3 Å².